The van der Waals surface area contributed by atoms with Gasteiger partial charge in [-0.3, -0.25) is 4.79 Å². The van der Waals surface area contributed by atoms with E-state index in [1.165, 1.54) is 11.1 Å². The van der Waals surface area contributed by atoms with E-state index >= 15 is 0 Å². The van der Waals surface area contributed by atoms with E-state index in [4.69, 9.17) is 9.47 Å². The summed E-state index contributed by atoms with van der Waals surface area (Å²) in [5.41, 5.74) is 4.08. The van der Waals surface area contributed by atoms with Gasteiger partial charge in [0.05, 0.1) is 25.3 Å². The zero-order valence-electron chi connectivity index (χ0n) is 14.3. The van der Waals surface area contributed by atoms with Crippen molar-refractivity contribution < 1.29 is 14.3 Å². The van der Waals surface area contributed by atoms with E-state index in [1.54, 1.807) is 20.4 Å². The molecular weight excluding hydrogens is 316 g/mol. The molecule has 3 aromatic rings. The number of nitrogens with zero attached hydrogens (tertiary/aromatic N) is 1. The third-order valence-electron chi connectivity index (χ3n) is 4.83. The Bertz CT molecular complexity index is 945. The molecule has 1 amide bonds. The molecule has 128 valence electrons. The van der Waals surface area contributed by atoms with Crippen molar-refractivity contribution in [2.75, 3.05) is 20.8 Å². The monoisotopic (exact) mass is 336 g/mol. The third-order valence-corrected chi connectivity index (χ3v) is 4.83. The fourth-order valence-electron chi connectivity index (χ4n) is 3.47. The predicted octanol–water partition coefficient (Wildman–Crippen LogP) is 3.38. The largest absolute Gasteiger partial charge is 0.493 e. The van der Waals surface area contributed by atoms with Crippen LogP contribution in [0.1, 0.15) is 21.5 Å². The number of nitrogens with one attached hydrogen (secondary N) is 1. The first-order chi connectivity index (χ1) is 12.2. The van der Waals surface area contributed by atoms with Crippen LogP contribution in [0.15, 0.2) is 42.6 Å². The molecule has 0 spiro atoms. The molecule has 0 unspecified atom stereocenters. The number of H-pyrrole nitrogens is 1. The van der Waals surface area contributed by atoms with Crippen molar-refractivity contribution in [1.82, 2.24) is 9.88 Å². The second-order valence-corrected chi connectivity index (χ2v) is 6.20. The summed E-state index contributed by atoms with van der Waals surface area (Å²) in [6.07, 6.45) is 2.66. The first-order valence-electron chi connectivity index (χ1n) is 8.30. The maximum absolute atomic E-state index is 13.1. The molecule has 0 atom stereocenters. The van der Waals surface area contributed by atoms with Crippen LogP contribution in [0, 0.1) is 0 Å². The van der Waals surface area contributed by atoms with E-state index < -0.39 is 0 Å². The van der Waals surface area contributed by atoms with E-state index in [0.29, 0.717) is 23.6 Å². The van der Waals surface area contributed by atoms with E-state index in [9.17, 15) is 4.79 Å². The zero-order valence-corrected chi connectivity index (χ0v) is 14.3. The molecule has 1 aliphatic rings. The number of benzene rings is 2. The number of carbonyl (C=O) groups excluding carboxylic acids is 1. The van der Waals surface area contributed by atoms with E-state index in [-0.39, 0.29) is 5.91 Å². The van der Waals surface area contributed by atoms with E-state index in [0.717, 1.165) is 23.9 Å². The number of methoxy groups -OCH3 is 2. The third kappa shape index (κ3) is 2.61. The number of aromatic nitrogens is 1. The van der Waals surface area contributed by atoms with Gasteiger partial charge in [-0.05, 0) is 23.6 Å². The lowest BCUT2D eigenvalue weighted by Gasteiger charge is -2.28. The summed E-state index contributed by atoms with van der Waals surface area (Å²) < 4.78 is 10.7. The Labute approximate surface area is 146 Å². The molecule has 0 radical (unpaired) electrons. The van der Waals surface area contributed by atoms with E-state index in [1.807, 2.05) is 23.1 Å². The quantitative estimate of drug-likeness (QED) is 0.798. The summed E-state index contributed by atoms with van der Waals surface area (Å²) >= 11 is 0. The van der Waals surface area contributed by atoms with Crippen molar-refractivity contribution in [3.63, 3.8) is 0 Å². The minimum atomic E-state index is 0.0352. The number of hydrogen-bond acceptors (Lipinski definition) is 3. The van der Waals surface area contributed by atoms with Crippen LogP contribution >= 0.6 is 0 Å². The maximum Gasteiger partial charge on any atom is 0.256 e. The van der Waals surface area contributed by atoms with Gasteiger partial charge in [-0.15, -0.1) is 0 Å². The molecule has 0 fully saturated rings. The summed E-state index contributed by atoms with van der Waals surface area (Å²) in [5.74, 6) is 1.29. The molecular formula is C20H20N2O3. The minimum absolute atomic E-state index is 0.0352. The van der Waals surface area contributed by atoms with Gasteiger partial charge >= 0.3 is 0 Å². The van der Waals surface area contributed by atoms with Crippen molar-refractivity contribution >= 4 is 16.8 Å². The van der Waals surface area contributed by atoms with Gasteiger partial charge in [-0.25, -0.2) is 0 Å². The van der Waals surface area contributed by atoms with Crippen molar-refractivity contribution in [1.29, 1.82) is 0 Å². The van der Waals surface area contributed by atoms with Crippen LogP contribution < -0.4 is 9.47 Å². The lowest BCUT2D eigenvalue weighted by atomic mass is 9.99. The van der Waals surface area contributed by atoms with Crippen molar-refractivity contribution in [3.05, 3.63) is 59.3 Å². The Kier molecular flexibility index (Phi) is 3.84. The molecule has 2 heterocycles. The molecule has 25 heavy (non-hydrogen) atoms. The highest BCUT2D eigenvalue weighted by molar-refractivity contribution is 6.07. The number of amides is 1. The van der Waals surface area contributed by atoms with Crippen molar-refractivity contribution in [2.45, 2.75) is 13.0 Å². The number of rotatable bonds is 3. The second-order valence-electron chi connectivity index (χ2n) is 6.20. The number of aromatic amines is 1. The smallest absolute Gasteiger partial charge is 0.256 e. The Balaban J connectivity index is 1.69. The highest BCUT2D eigenvalue weighted by atomic mass is 16.5. The molecule has 0 aliphatic carbocycles. The van der Waals surface area contributed by atoms with Crippen LogP contribution in [-0.4, -0.2) is 36.6 Å². The van der Waals surface area contributed by atoms with Crippen LogP contribution in [-0.2, 0) is 13.0 Å². The average molecular weight is 336 g/mol. The van der Waals surface area contributed by atoms with E-state index in [2.05, 4.69) is 23.2 Å². The van der Waals surface area contributed by atoms with Gasteiger partial charge in [0, 0.05) is 30.7 Å². The molecule has 4 rings (SSSR count). The minimum Gasteiger partial charge on any atom is -0.493 e. The second kappa shape index (κ2) is 6.16. The van der Waals surface area contributed by atoms with Gasteiger partial charge in [-0.1, -0.05) is 24.3 Å². The normalized spacial score (nSPS) is 13.6. The molecule has 2 aromatic carbocycles. The molecule has 5 nitrogen and oxygen atoms in total. The number of hydrogen-bond donors (Lipinski definition) is 1. The fourth-order valence-corrected chi connectivity index (χ4v) is 3.47. The Morgan fingerprint density at radius 3 is 2.56 bits per heavy atom. The van der Waals surface area contributed by atoms with Gasteiger partial charge in [-0.2, -0.15) is 0 Å². The topological polar surface area (TPSA) is 54.6 Å². The summed E-state index contributed by atoms with van der Waals surface area (Å²) in [6, 6.07) is 12.0. The van der Waals surface area contributed by atoms with Gasteiger partial charge in [0.2, 0.25) is 0 Å². The lowest BCUT2D eigenvalue weighted by Crippen LogP contribution is -2.35. The lowest BCUT2D eigenvalue weighted by molar-refractivity contribution is 0.0737. The van der Waals surface area contributed by atoms with Crippen LogP contribution in [0.4, 0.5) is 0 Å². The maximum atomic E-state index is 13.1. The molecule has 0 bridgehead atoms. The number of fused-ring (bicyclic) bond motifs is 2. The molecule has 0 saturated heterocycles. The molecule has 1 aliphatic heterocycles. The van der Waals surface area contributed by atoms with Gasteiger partial charge in [0.15, 0.2) is 11.5 Å². The molecule has 1 aromatic heterocycles. The first kappa shape index (κ1) is 15.6. The molecule has 5 heteroatoms. The van der Waals surface area contributed by atoms with Gasteiger partial charge in [0.1, 0.15) is 0 Å². The van der Waals surface area contributed by atoms with Gasteiger partial charge < -0.3 is 19.4 Å². The summed E-state index contributed by atoms with van der Waals surface area (Å²) in [4.78, 5) is 18.1. The van der Waals surface area contributed by atoms with Crippen molar-refractivity contribution in [3.8, 4) is 11.5 Å². The predicted molar refractivity (Wildman–Crippen MR) is 96.3 cm³/mol. The molecule has 1 N–H and O–H groups in total. The average Bonchev–Trinajstić information content (AvgIpc) is 3.08. The Hall–Kier alpha value is -2.95. The SMILES string of the molecule is COc1cc2[nH]cc(C(=O)N3CCc4ccccc4C3)c2cc1OC. The highest BCUT2D eigenvalue weighted by Crippen LogP contribution is 2.34. The van der Waals surface area contributed by atoms with Crippen LogP contribution in [0.2, 0.25) is 0 Å². The van der Waals surface area contributed by atoms with Gasteiger partial charge in [0.25, 0.3) is 5.91 Å². The first-order valence-corrected chi connectivity index (χ1v) is 8.30. The zero-order chi connectivity index (χ0) is 17.4. The Morgan fingerprint density at radius 2 is 1.80 bits per heavy atom. The summed E-state index contributed by atoms with van der Waals surface area (Å²) in [6.45, 7) is 1.38. The standard InChI is InChI=1S/C20H20N2O3/c1-24-18-9-15-16(11-21-17(15)10-19(18)25-2)20(23)22-8-7-13-5-3-4-6-14(13)12-22/h3-6,9-11,21H,7-8,12H2,1-2H3. The summed E-state index contributed by atoms with van der Waals surface area (Å²) in [5, 5.41) is 0.849. The number of ether oxygens (including phenoxy) is 2. The Morgan fingerprint density at radius 1 is 1.08 bits per heavy atom. The van der Waals surface area contributed by atoms with Crippen LogP contribution in [0.25, 0.3) is 10.9 Å². The van der Waals surface area contributed by atoms with Crippen molar-refractivity contribution in [2.24, 2.45) is 0 Å². The fraction of sp³-hybridized carbons (Fsp3) is 0.250. The van der Waals surface area contributed by atoms with Crippen LogP contribution in [0.3, 0.4) is 0 Å². The molecule has 0 saturated carbocycles. The number of carbonyl (C=O) groups is 1. The summed E-state index contributed by atoms with van der Waals surface area (Å²) in [7, 11) is 3.20. The van der Waals surface area contributed by atoms with Crippen LogP contribution in [0.5, 0.6) is 11.5 Å². The highest BCUT2D eigenvalue weighted by Gasteiger charge is 2.24.